The van der Waals surface area contributed by atoms with Gasteiger partial charge in [-0.05, 0) is 48.9 Å². The summed E-state index contributed by atoms with van der Waals surface area (Å²) >= 11 is 1.74. The van der Waals surface area contributed by atoms with Gasteiger partial charge in [0, 0.05) is 4.88 Å². The second-order valence-corrected chi connectivity index (χ2v) is 6.82. The average molecular weight is 313 g/mol. The minimum absolute atomic E-state index is 0.236. The predicted molar refractivity (Wildman–Crippen MR) is 85.6 cm³/mol. The van der Waals surface area contributed by atoms with Gasteiger partial charge in [0.25, 0.3) is 0 Å². The third-order valence-corrected chi connectivity index (χ3v) is 5.46. The van der Waals surface area contributed by atoms with Crippen LogP contribution < -0.4 is 5.49 Å². The number of nitrogens with zero attached hydrogens (tertiary/aromatic N) is 2. The summed E-state index contributed by atoms with van der Waals surface area (Å²) < 4.78 is 14.8. The molecule has 1 aromatic carbocycles. The molecule has 112 valence electrons. The number of nitrogens with one attached hydrogen (secondary N) is 1. The quantitative estimate of drug-likeness (QED) is 0.771. The van der Waals surface area contributed by atoms with Crippen LogP contribution in [0.15, 0.2) is 30.6 Å². The fraction of sp³-hybridized carbons (Fsp3) is 0.294. The van der Waals surface area contributed by atoms with E-state index in [4.69, 9.17) is 5.41 Å². The highest BCUT2D eigenvalue weighted by Crippen LogP contribution is 2.33. The first-order valence-corrected chi connectivity index (χ1v) is 8.33. The van der Waals surface area contributed by atoms with Crippen LogP contribution in [0.4, 0.5) is 4.39 Å². The molecule has 0 aliphatic heterocycles. The van der Waals surface area contributed by atoms with E-state index in [1.807, 2.05) is 4.57 Å². The van der Waals surface area contributed by atoms with Gasteiger partial charge in [-0.1, -0.05) is 12.1 Å². The molecule has 5 heteroatoms. The molecule has 2 heterocycles. The van der Waals surface area contributed by atoms with E-state index in [1.54, 1.807) is 29.8 Å². The summed E-state index contributed by atoms with van der Waals surface area (Å²) in [5.41, 5.74) is 2.83. The highest BCUT2D eigenvalue weighted by Gasteiger charge is 2.18. The number of aryl methyl sites for hydroxylation is 2. The molecule has 0 bridgehead atoms. The Labute approximate surface area is 131 Å². The van der Waals surface area contributed by atoms with Crippen LogP contribution in [-0.2, 0) is 19.4 Å². The monoisotopic (exact) mass is 313 g/mol. The molecule has 3 aromatic rings. The lowest BCUT2D eigenvalue weighted by Crippen LogP contribution is -2.22. The van der Waals surface area contributed by atoms with Crippen molar-refractivity contribution in [3.63, 3.8) is 0 Å². The standard InChI is InChI=1S/C17H16FN3S/c18-12-7-5-11(6-8-12)9-21-10-20-17-15(16(21)19)13-3-1-2-4-14(13)22-17/h5-8,10,19H,1-4,9H2. The van der Waals surface area contributed by atoms with E-state index in [0.717, 1.165) is 28.6 Å². The molecule has 1 N–H and O–H groups in total. The number of rotatable bonds is 2. The van der Waals surface area contributed by atoms with Gasteiger partial charge in [-0.15, -0.1) is 11.3 Å². The molecule has 4 rings (SSSR count). The Balaban J connectivity index is 1.80. The Kier molecular flexibility index (Phi) is 3.30. The van der Waals surface area contributed by atoms with Crippen molar-refractivity contribution in [2.75, 3.05) is 0 Å². The molecule has 1 aliphatic rings. The van der Waals surface area contributed by atoms with Crippen LogP contribution in [0, 0.1) is 11.2 Å². The summed E-state index contributed by atoms with van der Waals surface area (Å²) in [7, 11) is 0. The Morgan fingerprint density at radius 3 is 2.77 bits per heavy atom. The van der Waals surface area contributed by atoms with E-state index < -0.39 is 0 Å². The smallest absolute Gasteiger partial charge is 0.136 e. The van der Waals surface area contributed by atoms with Gasteiger partial charge in [-0.2, -0.15) is 0 Å². The van der Waals surface area contributed by atoms with Gasteiger partial charge in [0.1, 0.15) is 16.1 Å². The number of hydrogen-bond acceptors (Lipinski definition) is 3. The average Bonchev–Trinajstić information content (AvgIpc) is 2.91. The maximum Gasteiger partial charge on any atom is 0.136 e. The van der Waals surface area contributed by atoms with Crippen molar-refractivity contribution in [3.8, 4) is 0 Å². The van der Waals surface area contributed by atoms with Gasteiger partial charge in [0.15, 0.2) is 0 Å². The topological polar surface area (TPSA) is 41.7 Å². The summed E-state index contributed by atoms with van der Waals surface area (Å²) in [5.74, 6) is -0.236. The normalized spacial score (nSPS) is 14.2. The molecular formula is C17H16FN3S. The molecule has 0 spiro atoms. The minimum Gasteiger partial charge on any atom is -0.312 e. The largest absolute Gasteiger partial charge is 0.312 e. The molecule has 0 unspecified atom stereocenters. The Bertz CT molecular complexity index is 893. The number of hydrogen-bond donors (Lipinski definition) is 1. The molecule has 0 amide bonds. The van der Waals surface area contributed by atoms with Crippen molar-refractivity contribution < 1.29 is 4.39 Å². The second-order valence-electron chi connectivity index (χ2n) is 5.74. The third kappa shape index (κ3) is 2.25. The van der Waals surface area contributed by atoms with E-state index in [2.05, 4.69) is 4.98 Å². The third-order valence-electron chi connectivity index (χ3n) is 4.26. The maximum absolute atomic E-state index is 13.0. The van der Waals surface area contributed by atoms with Crippen LogP contribution in [0.2, 0.25) is 0 Å². The summed E-state index contributed by atoms with van der Waals surface area (Å²) in [6.07, 6.45) is 6.35. The number of thiophene rings is 1. The van der Waals surface area contributed by atoms with Crippen molar-refractivity contribution >= 4 is 21.6 Å². The summed E-state index contributed by atoms with van der Waals surface area (Å²) in [5, 5.41) is 9.56. The van der Waals surface area contributed by atoms with Crippen molar-refractivity contribution in [2.45, 2.75) is 32.2 Å². The van der Waals surface area contributed by atoms with Crippen molar-refractivity contribution in [1.82, 2.24) is 9.55 Å². The predicted octanol–water partition coefficient (Wildman–Crippen LogP) is 3.64. The lowest BCUT2D eigenvalue weighted by Gasteiger charge is -2.11. The van der Waals surface area contributed by atoms with Crippen LogP contribution in [0.5, 0.6) is 0 Å². The second kappa shape index (κ2) is 5.32. The Morgan fingerprint density at radius 1 is 1.18 bits per heavy atom. The highest BCUT2D eigenvalue weighted by atomic mass is 32.1. The summed E-state index contributed by atoms with van der Waals surface area (Å²) in [6, 6.07) is 6.43. The molecule has 22 heavy (non-hydrogen) atoms. The Hall–Kier alpha value is -2.01. The van der Waals surface area contributed by atoms with Crippen molar-refractivity contribution in [2.24, 2.45) is 0 Å². The zero-order valence-electron chi connectivity index (χ0n) is 12.1. The van der Waals surface area contributed by atoms with Gasteiger partial charge >= 0.3 is 0 Å². The molecule has 0 fully saturated rings. The number of fused-ring (bicyclic) bond motifs is 3. The summed E-state index contributed by atoms with van der Waals surface area (Å²) in [6.45, 7) is 0.548. The van der Waals surface area contributed by atoms with Crippen LogP contribution in [0.3, 0.4) is 0 Å². The van der Waals surface area contributed by atoms with Crippen LogP contribution in [-0.4, -0.2) is 9.55 Å². The highest BCUT2D eigenvalue weighted by molar-refractivity contribution is 7.18. The first kappa shape index (κ1) is 13.6. The van der Waals surface area contributed by atoms with E-state index in [9.17, 15) is 4.39 Å². The summed E-state index contributed by atoms with van der Waals surface area (Å²) in [4.78, 5) is 6.93. The SMILES string of the molecule is N=c1c2c3c(sc2ncn1Cc1ccc(F)cc1)CCCC3. The molecule has 2 aromatic heterocycles. The fourth-order valence-electron chi connectivity index (χ4n) is 3.12. The van der Waals surface area contributed by atoms with Crippen LogP contribution in [0.1, 0.15) is 28.8 Å². The van der Waals surface area contributed by atoms with E-state index in [1.165, 1.54) is 35.4 Å². The zero-order chi connectivity index (χ0) is 15.1. The van der Waals surface area contributed by atoms with Gasteiger partial charge in [0.2, 0.25) is 0 Å². The zero-order valence-corrected chi connectivity index (χ0v) is 12.9. The van der Waals surface area contributed by atoms with Gasteiger partial charge in [-0.3, -0.25) is 5.41 Å². The van der Waals surface area contributed by atoms with Crippen molar-refractivity contribution in [3.05, 3.63) is 57.9 Å². The first-order chi connectivity index (χ1) is 10.7. The van der Waals surface area contributed by atoms with Gasteiger partial charge < -0.3 is 4.57 Å². The van der Waals surface area contributed by atoms with E-state index >= 15 is 0 Å². The molecule has 0 saturated heterocycles. The fourth-order valence-corrected chi connectivity index (χ4v) is 4.35. The molecule has 0 saturated carbocycles. The molecule has 0 radical (unpaired) electrons. The first-order valence-electron chi connectivity index (χ1n) is 7.51. The van der Waals surface area contributed by atoms with Gasteiger partial charge in [-0.25, -0.2) is 9.37 Å². The molecule has 1 aliphatic carbocycles. The lowest BCUT2D eigenvalue weighted by atomic mass is 9.97. The molecule has 3 nitrogen and oxygen atoms in total. The number of benzene rings is 1. The van der Waals surface area contributed by atoms with Crippen LogP contribution >= 0.6 is 11.3 Å². The van der Waals surface area contributed by atoms with Crippen molar-refractivity contribution in [1.29, 1.82) is 5.41 Å². The maximum atomic E-state index is 13.0. The Morgan fingerprint density at radius 2 is 1.95 bits per heavy atom. The lowest BCUT2D eigenvalue weighted by molar-refractivity contribution is 0.625. The minimum atomic E-state index is -0.236. The van der Waals surface area contributed by atoms with E-state index in [0.29, 0.717) is 12.0 Å². The van der Waals surface area contributed by atoms with E-state index in [-0.39, 0.29) is 5.82 Å². The molecule has 0 atom stereocenters. The van der Waals surface area contributed by atoms with Crippen LogP contribution in [0.25, 0.3) is 10.2 Å². The number of aromatic nitrogens is 2. The van der Waals surface area contributed by atoms with Gasteiger partial charge in [0.05, 0.1) is 18.3 Å². The molecular weight excluding hydrogens is 297 g/mol. The number of halogens is 1.